The molecule has 1 unspecified atom stereocenters. The predicted molar refractivity (Wildman–Crippen MR) is 151 cm³/mol. The molecule has 0 saturated carbocycles. The van der Waals surface area contributed by atoms with Crippen molar-refractivity contribution in [1.82, 2.24) is 15.1 Å². The van der Waals surface area contributed by atoms with Gasteiger partial charge >= 0.3 is 12.1 Å². The van der Waals surface area contributed by atoms with Crippen molar-refractivity contribution in [1.29, 1.82) is 0 Å². The first-order chi connectivity index (χ1) is 18.8. The summed E-state index contributed by atoms with van der Waals surface area (Å²) in [7, 11) is 1.55. The second kappa shape index (κ2) is 12.7. The van der Waals surface area contributed by atoms with Crippen LogP contribution in [0.15, 0.2) is 66.7 Å². The summed E-state index contributed by atoms with van der Waals surface area (Å²) in [4.78, 5) is 42.6. The van der Waals surface area contributed by atoms with Crippen molar-refractivity contribution in [2.75, 3.05) is 30.8 Å². The number of rotatable bonds is 7. The first-order valence-corrected chi connectivity index (χ1v) is 12.8. The zero-order valence-corrected chi connectivity index (χ0v) is 22.6. The Morgan fingerprint density at radius 3 is 2.10 bits per heavy atom. The van der Waals surface area contributed by atoms with Gasteiger partial charge in [-0.2, -0.15) is 0 Å². The lowest BCUT2D eigenvalue weighted by Crippen LogP contribution is -2.55. The molecule has 1 aliphatic heterocycles. The largest absolute Gasteiger partial charge is 0.497 e. The molecule has 0 radical (unpaired) electrons. The number of amides is 5. The van der Waals surface area contributed by atoms with Crippen LogP contribution in [0.2, 0.25) is 10.0 Å². The number of urea groups is 2. The molecule has 0 aromatic heterocycles. The third kappa shape index (κ3) is 6.91. The monoisotopic (exact) mass is 570 g/mol. The SMILES string of the molecule is COc1ccc(NC(=O)N2CCN(C(=O)Nc3ccc(Cl)c(Cl)c3)C2C(=O)NCc2cccc(CN)c2)cc1. The van der Waals surface area contributed by atoms with Gasteiger partial charge in [-0.25, -0.2) is 9.59 Å². The van der Waals surface area contributed by atoms with Gasteiger partial charge in [0.25, 0.3) is 5.91 Å². The summed E-state index contributed by atoms with van der Waals surface area (Å²) in [6.07, 6.45) is -1.20. The topological polar surface area (TPSA) is 129 Å². The molecule has 39 heavy (non-hydrogen) atoms. The second-order valence-electron chi connectivity index (χ2n) is 8.72. The minimum atomic E-state index is -1.20. The smallest absolute Gasteiger partial charge is 0.323 e. The number of halogens is 2. The molecule has 1 atom stereocenters. The maximum atomic E-state index is 13.5. The Bertz CT molecular complexity index is 1350. The summed E-state index contributed by atoms with van der Waals surface area (Å²) in [5.74, 6) is 0.120. The van der Waals surface area contributed by atoms with Gasteiger partial charge in [0.1, 0.15) is 5.75 Å². The van der Waals surface area contributed by atoms with Crippen molar-refractivity contribution in [2.24, 2.45) is 5.73 Å². The zero-order chi connectivity index (χ0) is 27.9. The van der Waals surface area contributed by atoms with E-state index in [1.165, 1.54) is 15.9 Å². The van der Waals surface area contributed by atoms with Crippen LogP contribution in [0.25, 0.3) is 0 Å². The highest BCUT2D eigenvalue weighted by Gasteiger charge is 2.43. The molecule has 5 amide bonds. The maximum absolute atomic E-state index is 13.5. The predicted octanol–water partition coefficient (Wildman–Crippen LogP) is 4.48. The molecule has 0 bridgehead atoms. The van der Waals surface area contributed by atoms with E-state index in [9.17, 15) is 14.4 Å². The Hall–Kier alpha value is -3.99. The van der Waals surface area contributed by atoms with Gasteiger partial charge in [-0.05, 0) is 53.6 Å². The molecule has 4 rings (SSSR count). The highest BCUT2D eigenvalue weighted by atomic mass is 35.5. The summed E-state index contributed by atoms with van der Waals surface area (Å²) in [6, 6.07) is 17.8. The fraction of sp³-hybridized carbons (Fsp3) is 0.222. The van der Waals surface area contributed by atoms with Crippen LogP contribution in [-0.4, -0.2) is 54.1 Å². The number of nitrogens with zero attached hydrogens (tertiary/aromatic N) is 2. The van der Waals surface area contributed by atoms with Crippen LogP contribution in [-0.2, 0) is 17.9 Å². The molecule has 1 aliphatic rings. The molecule has 3 aromatic carbocycles. The van der Waals surface area contributed by atoms with E-state index in [1.54, 1.807) is 43.5 Å². The van der Waals surface area contributed by atoms with E-state index >= 15 is 0 Å². The van der Waals surface area contributed by atoms with Crippen LogP contribution in [0.3, 0.4) is 0 Å². The number of ether oxygens (including phenoxy) is 1. The van der Waals surface area contributed by atoms with Crippen molar-refractivity contribution in [3.63, 3.8) is 0 Å². The van der Waals surface area contributed by atoms with Crippen LogP contribution in [0.5, 0.6) is 5.75 Å². The first kappa shape index (κ1) is 28.0. The normalized spacial score (nSPS) is 14.6. The molecule has 1 fully saturated rings. The minimum absolute atomic E-state index is 0.129. The Morgan fingerprint density at radius 2 is 1.49 bits per heavy atom. The number of methoxy groups -OCH3 is 1. The van der Waals surface area contributed by atoms with Crippen LogP contribution < -0.4 is 26.4 Å². The second-order valence-corrected chi connectivity index (χ2v) is 9.53. The quantitative estimate of drug-likeness (QED) is 0.332. The number of anilines is 2. The van der Waals surface area contributed by atoms with Gasteiger partial charge in [-0.1, -0.05) is 47.5 Å². The molecule has 204 valence electrons. The maximum Gasteiger partial charge on any atom is 0.323 e. The summed E-state index contributed by atoms with van der Waals surface area (Å²) >= 11 is 12.1. The van der Waals surface area contributed by atoms with E-state index < -0.39 is 24.1 Å². The minimum Gasteiger partial charge on any atom is -0.497 e. The highest BCUT2D eigenvalue weighted by Crippen LogP contribution is 2.26. The molecular weight excluding hydrogens is 543 g/mol. The zero-order valence-electron chi connectivity index (χ0n) is 21.1. The highest BCUT2D eigenvalue weighted by molar-refractivity contribution is 6.42. The summed E-state index contributed by atoms with van der Waals surface area (Å²) in [6.45, 7) is 0.827. The van der Waals surface area contributed by atoms with Gasteiger partial charge in [-0.15, -0.1) is 0 Å². The van der Waals surface area contributed by atoms with Gasteiger partial charge in [0.2, 0.25) is 0 Å². The number of hydrogen-bond acceptors (Lipinski definition) is 5. The molecule has 5 N–H and O–H groups in total. The van der Waals surface area contributed by atoms with Gasteiger partial charge in [0, 0.05) is 37.6 Å². The van der Waals surface area contributed by atoms with Crippen LogP contribution in [0, 0.1) is 0 Å². The Labute approximate surface area is 236 Å². The van der Waals surface area contributed by atoms with E-state index in [1.807, 2.05) is 24.3 Å². The summed E-state index contributed by atoms with van der Waals surface area (Å²) in [5, 5.41) is 8.96. The molecule has 0 spiro atoms. The van der Waals surface area contributed by atoms with Gasteiger partial charge in [0.15, 0.2) is 6.17 Å². The first-order valence-electron chi connectivity index (χ1n) is 12.1. The van der Waals surface area contributed by atoms with Crippen LogP contribution in [0.4, 0.5) is 21.0 Å². The number of benzene rings is 3. The van der Waals surface area contributed by atoms with Crippen molar-refractivity contribution in [3.8, 4) is 5.75 Å². The van der Waals surface area contributed by atoms with Crippen LogP contribution >= 0.6 is 23.2 Å². The van der Waals surface area contributed by atoms with E-state index in [2.05, 4.69) is 16.0 Å². The van der Waals surface area contributed by atoms with Crippen molar-refractivity contribution >= 4 is 52.5 Å². The van der Waals surface area contributed by atoms with E-state index in [0.29, 0.717) is 28.7 Å². The number of carbonyl (C=O) groups excluding carboxylic acids is 3. The number of hydrogen-bond donors (Lipinski definition) is 4. The van der Waals surface area contributed by atoms with Gasteiger partial charge in [-0.3, -0.25) is 14.6 Å². The lowest BCUT2D eigenvalue weighted by molar-refractivity contribution is -0.127. The van der Waals surface area contributed by atoms with Gasteiger partial charge < -0.3 is 26.4 Å². The molecule has 3 aromatic rings. The molecule has 1 heterocycles. The average Bonchev–Trinajstić information content (AvgIpc) is 3.40. The number of nitrogens with one attached hydrogen (secondary N) is 3. The van der Waals surface area contributed by atoms with Gasteiger partial charge in [0.05, 0.1) is 17.2 Å². The molecule has 1 saturated heterocycles. The fourth-order valence-electron chi connectivity index (χ4n) is 4.12. The van der Waals surface area contributed by atoms with Crippen molar-refractivity contribution < 1.29 is 19.1 Å². The van der Waals surface area contributed by atoms with E-state index in [0.717, 1.165) is 11.1 Å². The van der Waals surface area contributed by atoms with E-state index in [4.69, 9.17) is 33.7 Å². The van der Waals surface area contributed by atoms with Crippen LogP contribution in [0.1, 0.15) is 11.1 Å². The Morgan fingerprint density at radius 1 is 0.872 bits per heavy atom. The van der Waals surface area contributed by atoms with Crippen molar-refractivity contribution in [3.05, 3.63) is 87.9 Å². The van der Waals surface area contributed by atoms with E-state index in [-0.39, 0.29) is 24.7 Å². The standard InChI is InChI=1S/C27H28Cl2N6O4/c1-39-21-8-5-19(6-9-21)32-26(37)34-11-12-35(27(38)33-20-7-10-22(28)23(29)14-20)25(34)24(36)31-16-18-4-2-3-17(13-18)15-30/h2-10,13-14,25H,11-12,15-16,30H2,1H3,(H,31,36)(H,32,37)(H,33,38). The third-order valence-electron chi connectivity index (χ3n) is 6.13. The lowest BCUT2D eigenvalue weighted by atomic mass is 10.1. The average molecular weight is 571 g/mol. The number of carbonyl (C=O) groups is 3. The lowest BCUT2D eigenvalue weighted by Gasteiger charge is -2.29. The molecule has 0 aliphatic carbocycles. The Balaban J connectivity index is 1.53. The Kier molecular flexibility index (Phi) is 9.13. The third-order valence-corrected chi connectivity index (χ3v) is 6.87. The van der Waals surface area contributed by atoms with Crippen molar-refractivity contribution in [2.45, 2.75) is 19.3 Å². The molecule has 12 heteroatoms. The summed E-state index contributed by atoms with van der Waals surface area (Å²) in [5.41, 5.74) is 8.39. The number of nitrogens with two attached hydrogens (primary N) is 1. The molecule has 10 nitrogen and oxygen atoms in total. The molecular formula is C27H28Cl2N6O4. The fourth-order valence-corrected chi connectivity index (χ4v) is 4.42. The summed E-state index contributed by atoms with van der Waals surface area (Å²) < 4.78 is 5.15.